The van der Waals surface area contributed by atoms with Gasteiger partial charge in [0.15, 0.2) is 0 Å². The van der Waals surface area contributed by atoms with Crippen molar-refractivity contribution in [3.8, 4) is 0 Å². The van der Waals surface area contributed by atoms with Crippen LogP contribution in [0, 0.1) is 5.92 Å². The predicted octanol–water partition coefficient (Wildman–Crippen LogP) is 2.34. The Morgan fingerprint density at radius 3 is 2.00 bits per heavy atom. The zero-order chi connectivity index (χ0) is 15.4. The van der Waals surface area contributed by atoms with Crippen LogP contribution in [0.1, 0.15) is 24.2 Å². The number of nitrogens with zero attached hydrogens (tertiary/aromatic N) is 3. The molecule has 0 saturated heterocycles. The highest BCUT2D eigenvalue weighted by Crippen LogP contribution is 2.36. The third kappa shape index (κ3) is 3.68. The van der Waals surface area contributed by atoms with Crippen molar-refractivity contribution < 1.29 is 9.90 Å². The molecule has 1 fully saturated rings. The molecule has 2 aromatic heterocycles. The van der Waals surface area contributed by atoms with Crippen LogP contribution < -0.4 is 0 Å². The maximum atomic E-state index is 11.7. The van der Waals surface area contributed by atoms with Crippen molar-refractivity contribution in [2.45, 2.75) is 32.0 Å². The predicted molar refractivity (Wildman–Crippen MR) is 81.9 cm³/mol. The van der Waals surface area contributed by atoms with E-state index in [1.165, 1.54) is 0 Å². The largest absolute Gasteiger partial charge is 0.480 e. The normalized spacial score (nSPS) is 15.7. The summed E-state index contributed by atoms with van der Waals surface area (Å²) in [7, 11) is 0. The highest BCUT2D eigenvalue weighted by Gasteiger charge is 2.40. The average Bonchev–Trinajstić information content (AvgIpc) is 3.34. The first-order valence-electron chi connectivity index (χ1n) is 7.50. The number of hydrogen-bond acceptors (Lipinski definition) is 4. The van der Waals surface area contributed by atoms with Gasteiger partial charge in [0, 0.05) is 25.5 Å². The van der Waals surface area contributed by atoms with Gasteiger partial charge in [-0.2, -0.15) is 0 Å². The van der Waals surface area contributed by atoms with Crippen LogP contribution in [0.5, 0.6) is 0 Å². The Bertz CT molecular complexity index is 573. The summed E-state index contributed by atoms with van der Waals surface area (Å²) < 4.78 is 0. The van der Waals surface area contributed by atoms with Crippen LogP contribution in [0.4, 0.5) is 0 Å². The topological polar surface area (TPSA) is 66.3 Å². The number of hydrogen-bond donors (Lipinski definition) is 1. The second kappa shape index (κ2) is 6.66. The molecule has 0 aromatic carbocycles. The molecule has 0 aliphatic heterocycles. The van der Waals surface area contributed by atoms with Gasteiger partial charge in [0.25, 0.3) is 0 Å². The second-order valence-electron chi connectivity index (χ2n) is 5.67. The fourth-order valence-electron chi connectivity index (χ4n) is 2.72. The van der Waals surface area contributed by atoms with Crippen molar-refractivity contribution >= 4 is 5.97 Å². The van der Waals surface area contributed by atoms with Crippen molar-refractivity contribution in [1.82, 2.24) is 14.9 Å². The summed E-state index contributed by atoms with van der Waals surface area (Å²) in [5, 5.41) is 9.63. The molecule has 2 heterocycles. The molecule has 0 radical (unpaired) electrons. The van der Waals surface area contributed by atoms with Gasteiger partial charge in [-0.15, -0.1) is 0 Å². The zero-order valence-electron chi connectivity index (χ0n) is 12.3. The summed E-state index contributed by atoms with van der Waals surface area (Å²) in [6, 6.07) is 11.0. The Balaban J connectivity index is 1.82. The molecule has 114 valence electrons. The summed E-state index contributed by atoms with van der Waals surface area (Å²) in [5.41, 5.74) is 1.76. The molecule has 0 spiro atoms. The van der Waals surface area contributed by atoms with Gasteiger partial charge in [-0.25, -0.2) is 0 Å². The number of pyridine rings is 2. The fourth-order valence-corrected chi connectivity index (χ4v) is 2.72. The standard InChI is InChI=1S/C17H19N3O2/c21-17(22)16(13-7-8-13)20(11-14-5-1-3-9-18-14)12-15-6-2-4-10-19-15/h1-6,9-10,13,16H,7-8,11-12H2,(H,21,22). The Hall–Kier alpha value is -2.27. The fraction of sp³-hybridized carbons (Fsp3) is 0.353. The minimum absolute atomic E-state index is 0.241. The highest BCUT2D eigenvalue weighted by molar-refractivity contribution is 5.74. The van der Waals surface area contributed by atoms with E-state index in [9.17, 15) is 9.90 Å². The van der Waals surface area contributed by atoms with Gasteiger partial charge in [0.2, 0.25) is 0 Å². The minimum atomic E-state index is -0.755. The van der Waals surface area contributed by atoms with E-state index in [1.54, 1.807) is 12.4 Å². The van der Waals surface area contributed by atoms with Crippen LogP contribution >= 0.6 is 0 Å². The summed E-state index contributed by atoms with van der Waals surface area (Å²) in [6.07, 6.45) is 5.44. The van der Waals surface area contributed by atoms with E-state index < -0.39 is 12.0 Å². The van der Waals surface area contributed by atoms with E-state index in [-0.39, 0.29) is 5.92 Å². The maximum Gasteiger partial charge on any atom is 0.321 e. The Labute approximate surface area is 129 Å². The molecule has 2 aromatic rings. The van der Waals surface area contributed by atoms with E-state index in [4.69, 9.17) is 0 Å². The molecule has 1 N–H and O–H groups in total. The van der Waals surface area contributed by atoms with E-state index in [1.807, 2.05) is 41.3 Å². The maximum absolute atomic E-state index is 11.7. The van der Waals surface area contributed by atoms with E-state index in [2.05, 4.69) is 9.97 Å². The van der Waals surface area contributed by atoms with Crippen LogP contribution in [-0.4, -0.2) is 32.0 Å². The first kappa shape index (κ1) is 14.7. The van der Waals surface area contributed by atoms with E-state index in [0.717, 1.165) is 24.2 Å². The average molecular weight is 297 g/mol. The van der Waals surface area contributed by atoms with Gasteiger partial charge in [0.05, 0.1) is 11.4 Å². The van der Waals surface area contributed by atoms with Gasteiger partial charge in [-0.05, 0) is 43.0 Å². The molecular formula is C17H19N3O2. The van der Waals surface area contributed by atoms with Crippen molar-refractivity contribution in [2.75, 3.05) is 0 Å². The van der Waals surface area contributed by atoms with Gasteiger partial charge < -0.3 is 5.11 Å². The Morgan fingerprint density at radius 2 is 1.64 bits per heavy atom. The van der Waals surface area contributed by atoms with Gasteiger partial charge in [-0.3, -0.25) is 19.7 Å². The molecule has 5 nitrogen and oxygen atoms in total. The first-order valence-corrected chi connectivity index (χ1v) is 7.50. The van der Waals surface area contributed by atoms with Gasteiger partial charge >= 0.3 is 5.97 Å². The molecule has 1 aliphatic carbocycles. The molecule has 5 heteroatoms. The van der Waals surface area contributed by atoms with Gasteiger partial charge in [0.1, 0.15) is 6.04 Å². The summed E-state index contributed by atoms with van der Waals surface area (Å²) in [6.45, 7) is 1.04. The molecule has 3 rings (SSSR count). The number of rotatable bonds is 7. The molecule has 22 heavy (non-hydrogen) atoms. The number of aromatic nitrogens is 2. The third-order valence-corrected chi connectivity index (χ3v) is 3.90. The monoisotopic (exact) mass is 297 g/mol. The summed E-state index contributed by atoms with van der Waals surface area (Å²) in [4.78, 5) is 22.4. The third-order valence-electron chi connectivity index (χ3n) is 3.90. The number of carboxylic acid groups (broad SMARTS) is 1. The van der Waals surface area contributed by atoms with Gasteiger partial charge in [-0.1, -0.05) is 12.1 Å². The molecular weight excluding hydrogens is 278 g/mol. The molecule has 1 atom stereocenters. The van der Waals surface area contributed by atoms with Crippen LogP contribution in [0.25, 0.3) is 0 Å². The second-order valence-corrected chi connectivity index (χ2v) is 5.67. The molecule has 0 bridgehead atoms. The number of carbonyl (C=O) groups is 1. The first-order chi connectivity index (χ1) is 10.7. The number of carboxylic acids is 1. The summed E-state index contributed by atoms with van der Waals surface area (Å²) >= 11 is 0. The van der Waals surface area contributed by atoms with Crippen molar-refractivity contribution in [2.24, 2.45) is 5.92 Å². The zero-order valence-corrected chi connectivity index (χ0v) is 12.3. The number of aliphatic carboxylic acids is 1. The quantitative estimate of drug-likeness (QED) is 0.849. The minimum Gasteiger partial charge on any atom is -0.480 e. The lowest BCUT2D eigenvalue weighted by Gasteiger charge is -2.28. The molecule has 0 amide bonds. The molecule has 1 saturated carbocycles. The Kier molecular flexibility index (Phi) is 4.44. The van der Waals surface area contributed by atoms with Crippen LogP contribution in [-0.2, 0) is 17.9 Å². The molecule has 1 unspecified atom stereocenters. The van der Waals surface area contributed by atoms with Crippen LogP contribution in [0.3, 0.4) is 0 Å². The van der Waals surface area contributed by atoms with Crippen molar-refractivity contribution in [3.63, 3.8) is 0 Å². The lowest BCUT2D eigenvalue weighted by Crippen LogP contribution is -2.42. The Morgan fingerprint density at radius 1 is 1.09 bits per heavy atom. The smallest absolute Gasteiger partial charge is 0.321 e. The van der Waals surface area contributed by atoms with Crippen molar-refractivity contribution in [1.29, 1.82) is 0 Å². The SMILES string of the molecule is O=C(O)C(C1CC1)N(Cc1ccccn1)Cc1ccccn1. The molecule has 1 aliphatic rings. The highest BCUT2D eigenvalue weighted by atomic mass is 16.4. The lowest BCUT2D eigenvalue weighted by atomic mass is 10.1. The van der Waals surface area contributed by atoms with Crippen molar-refractivity contribution in [3.05, 3.63) is 60.2 Å². The lowest BCUT2D eigenvalue weighted by molar-refractivity contribution is -0.144. The van der Waals surface area contributed by atoms with Crippen LogP contribution in [0.15, 0.2) is 48.8 Å². The van der Waals surface area contributed by atoms with Crippen LogP contribution in [0.2, 0.25) is 0 Å². The van der Waals surface area contributed by atoms with E-state index >= 15 is 0 Å². The van der Waals surface area contributed by atoms with E-state index in [0.29, 0.717) is 13.1 Å². The summed E-state index contributed by atoms with van der Waals surface area (Å²) in [5.74, 6) is -0.515.